The van der Waals surface area contributed by atoms with Crippen molar-refractivity contribution in [3.63, 3.8) is 0 Å². The molecular weight excluding hydrogens is 396 g/mol. The zero-order valence-electron chi connectivity index (χ0n) is 17.8. The largest absolute Gasteiger partial charge is 0.472 e. The summed E-state index contributed by atoms with van der Waals surface area (Å²) >= 11 is 1.27. The first kappa shape index (κ1) is 21.1. The van der Waals surface area contributed by atoms with Gasteiger partial charge < -0.3 is 15.0 Å². The van der Waals surface area contributed by atoms with Gasteiger partial charge in [0.05, 0.1) is 0 Å². The standard InChI is InChI=1S/C23H32N4O2S/c1-17-21(29-16-18-9-10-19-7-6-8-20(19)15-18)26-30-22(17)25-23(28)24-11-2-3-12-27-13-4-5-14-27/h9-10,15H,2-8,11-14,16H2,1H3,(H2,24,25,28). The molecule has 0 spiro atoms. The molecular formula is C23H32N4O2S. The van der Waals surface area contributed by atoms with Crippen LogP contribution in [0.15, 0.2) is 18.2 Å². The number of anilines is 1. The third-order valence-corrected chi connectivity index (χ3v) is 6.88. The minimum Gasteiger partial charge on any atom is -0.472 e. The highest BCUT2D eigenvalue weighted by Crippen LogP contribution is 2.30. The SMILES string of the molecule is Cc1c(OCc2ccc3c(c2)CCC3)nsc1NC(=O)NCCCCN1CCCC1. The van der Waals surface area contributed by atoms with Crippen molar-refractivity contribution in [1.29, 1.82) is 0 Å². The van der Waals surface area contributed by atoms with Gasteiger partial charge in [-0.25, -0.2) is 4.79 Å². The van der Waals surface area contributed by atoms with E-state index in [9.17, 15) is 4.79 Å². The number of aryl methyl sites for hydroxylation is 2. The second-order valence-corrected chi connectivity index (χ2v) is 9.10. The van der Waals surface area contributed by atoms with Gasteiger partial charge in [-0.3, -0.25) is 5.32 Å². The van der Waals surface area contributed by atoms with E-state index in [2.05, 4.69) is 38.1 Å². The fourth-order valence-corrected chi connectivity index (χ4v) is 4.98. The molecule has 6 nitrogen and oxygen atoms in total. The van der Waals surface area contributed by atoms with E-state index in [4.69, 9.17) is 4.74 Å². The van der Waals surface area contributed by atoms with Crippen LogP contribution in [0, 0.1) is 6.92 Å². The maximum absolute atomic E-state index is 12.2. The first-order valence-corrected chi connectivity index (χ1v) is 11.9. The number of ether oxygens (including phenoxy) is 1. The monoisotopic (exact) mass is 428 g/mol. The highest BCUT2D eigenvalue weighted by Gasteiger charge is 2.15. The topological polar surface area (TPSA) is 66.5 Å². The highest BCUT2D eigenvalue weighted by atomic mass is 32.1. The molecule has 7 heteroatoms. The van der Waals surface area contributed by atoms with Gasteiger partial charge in [-0.05, 0) is 99.7 Å². The van der Waals surface area contributed by atoms with Gasteiger partial charge in [-0.1, -0.05) is 18.2 Å². The molecule has 2 aliphatic rings. The maximum atomic E-state index is 12.2. The molecule has 1 fully saturated rings. The van der Waals surface area contributed by atoms with Crippen LogP contribution in [-0.4, -0.2) is 41.5 Å². The Balaban J connectivity index is 1.18. The molecule has 2 aromatic rings. The van der Waals surface area contributed by atoms with Crippen molar-refractivity contribution >= 4 is 22.6 Å². The number of rotatable bonds is 9. The Morgan fingerprint density at radius 1 is 1.17 bits per heavy atom. The molecule has 1 saturated heterocycles. The summed E-state index contributed by atoms with van der Waals surface area (Å²) in [5.74, 6) is 0.599. The van der Waals surface area contributed by atoms with Crippen molar-refractivity contribution in [1.82, 2.24) is 14.6 Å². The Morgan fingerprint density at radius 3 is 2.87 bits per heavy atom. The maximum Gasteiger partial charge on any atom is 0.319 e. The fraction of sp³-hybridized carbons (Fsp3) is 0.565. The molecule has 30 heavy (non-hydrogen) atoms. The molecule has 1 aliphatic heterocycles. The number of benzene rings is 1. The Morgan fingerprint density at radius 2 is 2.00 bits per heavy atom. The molecule has 162 valence electrons. The zero-order valence-corrected chi connectivity index (χ0v) is 18.7. The Hall–Kier alpha value is -2.12. The van der Waals surface area contributed by atoms with Gasteiger partial charge in [0, 0.05) is 12.1 Å². The second-order valence-electron chi connectivity index (χ2n) is 8.32. The lowest BCUT2D eigenvalue weighted by atomic mass is 10.1. The Kier molecular flexibility index (Phi) is 7.23. The minimum atomic E-state index is -0.173. The van der Waals surface area contributed by atoms with Gasteiger partial charge in [0.2, 0.25) is 5.88 Å². The summed E-state index contributed by atoms with van der Waals surface area (Å²) in [5, 5.41) is 6.60. The van der Waals surface area contributed by atoms with Gasteiger partial charge >= 0.3 is 6.03 Å². The van der Waals surface area contributed by atoms with Gasteiger partial charge in [0.25, 0.3) is 0 Å². The van der Waals surface area contributed by atoms with E-state index in [0.717, 1.165) is 30.0 Å². The van der Waals surface area contributed by atoms with E-state index in [1.165, 1.54) is 73.4 Å². The van der Waals surface area contributed by atoms with Crippen molar-refractivity contribution < 1.29 is 9.53 Å². The summed E-state index contributed by atoms with van der Waals surface area (Å²) in [6.45, 7) is 6.74. The molecule has 1 aromatic heterocycles. The van der Waals surface area contributed by atoms with Crippen LogP contribution in [0.4, 0.5) is 9.80 Å². The lowest BCUT2D eigenvalue weighted by Gasteiger charge is -2.14. The third kappa shape index (κ3) is 5.52. The zero-order chi connectivity index (χ0) is 20.8. The summed E-state index contributed by atoms with van der Waals surface area (Å²) in [4.78, 5) is 14.7. The quantitative estimate of drug-likeness (QED) is 0.577. The summed E-state index contributed by atoms with van der Waals surface area (Å²) in [5.41, 5.74) is 4.97. The number of urea groups is 1. The molecule has 1 aromatic carbocycles. The molecule has 0 radical (unpaired) electrons. The first-order valence-electron chi connectivity index (χ1n) is 11.2. The number of carbonyl (C=O) groups is 1. The highest BCUT2D eigenvalue weighted by molar-refractivity contribution is 7.10. The molecule has 0 saturated carbocycles. The van der Waals surface area contributed by atoms with Crippen molar-refractivity contribution in [2.24, 2.45) is 0 Å². The van der Waals surface area contributed by atoms with Gasteiger partial charge in [0.15, 0.2) is 0 Å². The summed E-state index contributed by atoms with van der Waals surface area (Å²) in [6, 6.07) is 6.44. The first-order chi connectivity index (χ1) is 14.7. The number of fused-ring (bicyclic) bond motifs is 1. The van der Waals surface area contributed by atoms with Crippen LogP contribution >= 0.6 is 11.5 Å². The van der Waals surface area contributed by atoms with Crippen LogP contribution in [0.3, 0.4) is 0 Å². The van der Waals surface area contributed by atoms with Gasteiger partial charge in [-0.15, -0.1) is 0 Å². The molecule has 0 atom stereocenters. The van der Waals surface area contributed by atoms with E-state index < -0.39 is 0 Å². The fourth-order valence-electron chi connectivity index (χ4n) is 4.25. The Bertz CT molecular complexity index is 861. The van der Waals surface area contributed by atoms with Crippen molar-refractivity contribution in [3.05, 3.63) is 40.5 Å². The molecule has 1 aliphatic carbocycles. The average Bonchev–Trinajstić information content (AvgIpc) is 3.49. The van der Waals surface area contributed by atoms with E-state index in [1.807, 2.05) is 6.92 Å². The molecule has 2 heterocycles. The predicted molar refractivity (Wildman–Crippen MR) is 122 cm³/mol. The van der Waals surface area contributed by atoms with Gasteiger partial charge in [0.1, 0.15) is 11.6 Å². The van der Waals surface area contributed by atoms with Crippen molar-refractivity contribution in [3.8, 4) is 5.88 Å². The van der Waals surface area contributed by atoms with E-state index in [0.29, 0.717) is 19.0 Å². The minimum absolute atomic E-state index is 0.173. The van der Waals surface area contributed by atoms with Crippen molar-refractivity contribution in [2.45, 2.75) is 58.5 Å². The normalized spacial score (nSPS) is 15.9. The van der Waals surface area contributed by atoms with Gasteiger partial charge in [-0.2, -0.15) is 4.37 Å². The number of nitrogens with one attached hydrogen (secondary N) is 2. The third-order valence-electron chi connectivity index (χ3n) is 6.03. The number of unbranched alkanes of at least 4 members (excludes halogenated alkanes) is 1. The Labute approximate surface area is 183 Å². The number of likely N-dealkylation sites (tertiary alicyclic amines) is 1. The van der Waals surface area contributed by atoms with Crippen LogP contribution in [0.2, 0.25) is 0 Å². The number of aromatic nitrogens is 1. The number of nitrogens with zero attached hydrogens (tertiary/aromatic N) is 2. The summed E-state index contributed by atoms with van der Waals surface area (Å²) in [6.07, 6.45) is 8.39. The number of carbonyl (C=O) groups excluding carboxylic acids is 1. The molecule has 0 unspecified atom stereocenters. The van der Waals surface area contributed by atoms with E-state index in [1.54, 1.807) is 0 Å². The van der Waals surface area contributed by atoms with Crippen LogP contribution < -0.4 is 15.4 Å². The predicted octanol–water partition coefficient (Wildman–Crippen LogP) is 4.52. The smallest absolute Gasteiger partial charge is 0.319 e. The molecule has 4 rings (SSSR count). The second kappa shape index (κ2) is 10.3. The van der Waals surface area contributed by atoms with Crippen LogP contribution in [0.25, 0.3) is 0 Å². The van der Waals surface area contributed by atoms with Crippen molar-refractivity contribution in [2.75, 3.05) is 31.5 Å². The van der Waals surface area contributed by atoms with E-state index in [-0.39, 0.29) is 6.03 Å². The van der Waals surface area contributed by atoms with E-state index >= 15 is 0 Å². The molecule has 2 N–H and O–H groups in total. The number of amides is 2. The number of hydrogen-bond acceptors (Lipinski definition) is 5. The molecule has 2 amide bonds. The van der Waals surface area contributed by atoms with Crippen LogP contribution in [0.5, 0.6) is 5.88 Å². The lowest BCUT2D eigenvalue weighted by Crippen LogP contribution is -2.30. The average molecular weight is 429 g/mol. The molecule has 0 bridgehead atoms. The summed E-state index contributed by atoms with van der Waals surface area (Å²) < 4.78 is 10.3. The number of hydrogen-bond donors (Lipinski definition) is 2. The summed E-state index contributed by atoms with van der Waals surface area (Å²) in [7, 11) is 0. The van der Waals surface area contributed by atoms with Crippen LogP contribution in [-0.2, 0) is 19.4 Å². The lowest BCUT2D eigenvalue weighted by molar-refractivity contribution is 0.251. The van der Waals surface area contributed by atoms with Crippen LogP contribution in [0.1, 0.15) is 54.4 Å².